The molecule has 0 aromatic heterocycles. The first-order chi connectivity index (χ1) is 13.6. The number of benzene rings is 1. The summed E-state index contributed by atoms with van der Waals surface area (Å²) in [6.45, 7) is 5.52. The second-order valence-corrected chi connectivity index (χ2v) is 8.53. The number of hydrogen-bond acceptors (Lipinski definition) is 3. The summed E-state index contributed by atoms with van der Waals surface area (Å²) in [5, 5.41) is 7.17. The molecule has 5 nitrogen and oxygen atoms in total. The molecule has 0 radical (unpaired) electrons. The van der Waals surface area contributed by atoms with Crippen LogP contribution < -0.4 is 10.6 Å². The smallest absolute Gasteiger partial charge is 0.191 e. The molecule has 0 atom stereocenters. The third-order valence-corrected chi connectivity index (χ3v) is 6.59. The molecule has 29 heavy (non-hydrogen) atoms. The molecule has 1 heterocycles. The SMILES string of the molecule is CCNC(=NCC1(N(C)C)CCOCC1)NC1CCC(c2ccccc2)CC1.I. The minimum Gasteiger partial charge on any atom is -0.381 e. The average Bonchev–Trinajstić information content (AvgIpc) is 2.74. The van der Waals surface area contributed by atoms with Gasteiger partial charge in [-0.25, -0.2) is 0 Å². The largest absolute Gasteiger partial charge is 0.381 e. The maximum Gasteiger partial charge on any atom is 0.191 e. The van der Waals surface area contributed by atoms with Crippen molar-refractivity contribution in [2.45, 2.75) is 62.9 Å². The summed E-state index contributed by atoms with van der Waals surface area (Å²) < 4.78 is 5.59. The van der Waals surface area contributed by atoms with Crippen LogP contribution in [0, 0.1) is 0 Å². The predicted octanol–water partition coefficient (Wildman–Crippen LogP) is 4.00. The molecule has 6 heteroatoms. The van der Waals surface area contributed by atoms with Gasteiger partial charge >= 0.3 is 0 Å². The zero-order valence-electron chi connectivity index (χ0n) is 18.3. The van der Waals surface area contributed by atoms with Gasteiger partial charge in [0.1, 0.15) is 0 Å². The number of aliphatic imine (C=N–C) groups is 1. The highest BCUT2D eigenvalue weighted by Crippen LogP contribution is 2.32. The zero-order valence-corrected chi connectivity index (χ0v) is 20.7. The normalized spacial score (nSPS) is 24.6. The molecule has 1 aromatic carbocycles. The van der Waals surface area contributed by atoms with E-state index in [1.54, 1.807) is 0 Å². The van der Waals surface area contributed by atoms with Crippen molar-refractivity contribution in [3.05, 3.63) is 35.9 Å². The van der Waals surface area contributed by atoms with Gasteiger partial charge in [-0.05, 0) is 71.0 Å². The van der Waals surface area contributed by atoms with E-state index in [2.05, 4.69) is 66.9 Å². The van der Waals surface area contributed by atoms with Gasteiger partial charge in [0.15, 0.2) is 5.96 Å². The molecular weight excluding hydrogens is 475 g/mol. The van der Waals surface area contributed by atoms with E-state index >= 15 is 0 Å². The minimum atomic E-state index is 0. The van der Waals surface area contributed by atoms with Crippen molar-refractivity contribution in [3.63, 3.8) is 0 Å². The van der Waals surface area contributed by atoms with Gasteiger partial charge in [-0.1, -0.05) is 30.3 Å². The van der Waals surface area contributed by atoms with E-state index in [4.69, 9.17) is 9.73 Å². The van der Waals surface area contributed by atoms with Crippen molar-refractivity contribution in [1.29, 1.82) is 0 Å². The summed E-state index contributed by atoms with van der Waals surface area (Å²) in [5.74, 6) is 1.68. The highest BCUT2D eigenvalue weighted by atomic mass is 127. The molecular formula is C23H39IN4O. The topological polar surface area (TPSA) is 48.9 Å². The monoisotopic (exact) mass is 514 g/mol. The first-order valence-electron chi connectivity index (χ1n) is 11.0. The number of nitrogens with one attached hydrogen (secondary N) is 2. The van der Waals surface area contributed by atoms with E-state index < -0.39 is 0 Å². The van der Waals surface area contributed by atoms with Gasteiger partial charge in [0, 0.05) is 31.3 Å². The molecule has 1 saturated heterocycles. The predicted molar refractivity (Wildman–Crippen MR) is 132 cm³/mol. The lowest BCUT2D eigenvalue weighted by atomic mass is 9.82. The number of guanidine groups is 1. The molecule has 2 fully saturated rings. The second kappa shape index (κ2) is 12.1. The molecule has 0 bridgehead atoms. The van der Waals surface area contributed by atoms with Crippen LogP contribution in [0.2, 0.25) is 0 Å². The standard InChI is InChI=1S/C23H38N4O.HI/c1-4-24-22(25-18-23(27(2)3)14-16-28-17-15-23)26-21-12-10-20(11-13-21)19-8-6-5-7-9-19;/h5-9,20-21H,4,10-18H2,1-3H3,(H2,24,25,26);1H. The molecule has 2 aliphatic rings. The number of ether oxygens (including phenoxy) is 1. The molecule has 0 amide bonds. The number of rotatable bonds is 6. The van der Waals surface area contributed by atoms with Gasteiger partial charge in [-0.3, -0.25) is 4.99 Å². The van der Waals surface area contributed by atoms with E-state index in [1.165, 1.54) is 31.2 Å². The van der Waals surface area contributed by atoms with Crippen molar-refractivity contribution in [1.82, 2.24) is 15.5 Å². The highest BCUT2D eigenvalue weighted by molar-refractivity contribution is 14.0. The second-order valence-electron chi connectivity index (χ2n) is 8.53. The van der Waals surface area contributed by atoms with Crippen molar-refractivity contribution >= 4 is 29.9 Å². The van der Waals surface area contributed by atoms with Crippen molar-refractivity contribution in [3.8, 4) is 0 Å². The third-order valence-electron chi connectivity index (χ3n) is 6.59. The van der Waals surface area contributed by atoms with Crippen LogP contribution >= 0.6 is 24.0 Å². The highest BCUT2D eigenvalue weighted by Gasteiger charge is 2.34. The molecule has 1 aliphatic heterocycles. The fourth-order valence-corrected chi connectivity index (χ4v) is 4.53. The Morgan fingerprint density at radius 1 is 1.10 bits per heavy atom. The van der Waals surface area contributed by atoms with Gasteiger partial charge in [-0.15, -0.1) is 24.0 Å². The lowest BCUT2D eigenvalue weighted by Crippen LogP contribution is -2.52. The molecule has 1 aliphatic carbocycles. The average molecular weight is 514 g/mol. The number of likely N-dealkylation sites (N-methyl/N-ethyl adjacent to an activating group) is 1. The van der Waals surface area contributed by atoms with Crippen LogP contribution in [0.5, 0.6) is 0 Å². The van der Waals surface area contributed by atoms with Crippen molar-refractivity contribution in [2.75, 3.05) is 40.4 Å². The molecule has 164 valence electrons. The lowest BCUT2D eigenvalue weighted by Gasteiger charge is -2.41. The maximum atomic E-state index is 5.59. The van der Waals surface area contributed by atoms with Crippen LogP contribution in [0.3, 0.4) is 0 Å². The Kier molecular flexibility index (Phi) is 10.2. The summed E-state index contributed by atoms with van der Waals surface area (Å²) >= 11 is 0. The Balaban J connectivity index is 0.00000300. The number of nitrogens with zero attached hydrogens (tertiary/aromatic N) is 2. The Labute approximate surface area is 194 Å². The van der Waals surface area contributed by atoms with Gasteiger partial charge in [0.25, 0.3) is 0 Å². The number of halogens is 1. The fraction of sp³-hybridized carbons (Fsp3) is 0.696. The first-order valence-corrected chi connectivity index (χ1v) is 11.0. The summed E-state index contributed by atoms with van der Waals surface area (Å²) in [7, 11) is 4.35. The quantitative estimate of drug-likeness (QED) is 0.343. The van der Waals surface area contributed by atoms with Crippen LogP contribution in [0.4, 0.5) is 0 Å². The molecule has 0 unspecified atom stereocenters. The molecule has 1 aromatic rings. The van der Waals surface area contributed by atoms with Crippen molar-refractivity contribution in [2.24, 2.45) is 4.99 Å². The number of hydrogen-bond donors (Lipinski definition) is 2. The summed E-state index contributed by atoms with van der Waals surface area (Å²) in [5.41, 5.74) is 1.61. The summed E-state index contributed by atoms with van der Waals surface area (Å²) in [6.07, 6.45) is 7.00. The van der Waals surface area contributed by atoms with E-state index in [0.717, 1.165) is 45.1 Å². The van der Waals surface area contributed by atoms with Gasteiger partial charge < -0.3 is 20.3 Å². The zero-order chi connectivity index (χ0) is 19.8. The van der Waals surface area contributed by atoms with E-state index in [1.807, 2.05) is 0 Å². The fourth-order valence-electron chi connectivity index (χ4n) is 4.53. The Morgan fingerprint density at radius 3 is 2.34 bits per heavy atom. The third kappa shape index (κ3) is 6.82. The first kappa shape index (κ1) is 24.4. The minimum absolute atomic E-state index is 0. The van der Waals surface area contributed by atoms with Crippen LogP contribution in [0.1, 0.15) is 56.9 Å². The van der Waals surface area contributed by atoms with Crippen LogP contribution in [-0.4, -0.2) is 62.8 Å². The Hall–Kier alpha value is -0.860. The lowest BCUT2D eigenvalue weighted by molar-refractivity contribution is -0.00255. The van der Waals surface area contributed by atoms with E-state index in [-0.39, 0.29) is 29.5 Å². The maximum absolute atomic E-state index is 5.59. The Bertz CT molecular complexity index is 609. The Morgan fingerprint density at radius 2 is 1.76 bits per heavy atom. The molecule has 1 saturated carbocycles. The van der Waals surface area contributed by atoms with Crippen LogP contribution in [0.15, 0.2) is 35.3 Å². The van der Waals surface area contributed by atoms with Crippen LogP contribution in [0.25, 0.3) is 0 Å². The van der Waals surface area contributed by atoms with E-state index in [9.17, 15) is 0 Å². The van der Waals surface area contributed by atoms with E-state index in [0.29, 0.717) is 12.0 Å². The van der Waals surface area contributed by atoms with Gasteiger partial charge in [0.05, 0.1) is 6.54 Å². The van der Waals surface area contributed by atoms with Gasteiger partial charge in [-0.2, -0.15) is 0 Å². The van der Waals surface area contributed by atoms with Gasteiger partial charge in [0.2, 0.25) is 0 Å². The molecule has 3 rings (SSSR count). The van der Waals surface area contributed by atoms with Crippen LogP contribution in [-0.2, 0) is 4.74 Å². The summed E-state index contributed by atoms with van der Waals surface area (Å²) in [4.78, 5) is 7.34. The summed E-state index contributed by atoms with van der Waals surface area (Å²) in [6, 6.07) is 11.5. The molecule has 0 spiro atoms. The van der Waals surface area contributed by atoms with Crippen molar-refractivity contribution < 1.29 is 4.74 Å². The molecule has 2 N–H and O–H groups in total.